The molecule has 2 aromatic rings. The van der Waals surface area contributed by atoms with Gasteiger partial charge in [-0.1, -0.05) is 24.8 Å². The van der Waals surface area contributed by atoms with Gasteiger partial charge in [0.25, 0.3) is 11.8 Å². The van der Waals surface area contributed by atoms with Crippen LogP contribution < -0.4 is 29.6 Å². The van der Waals surface area contributed by atoms with E-state index in [9.17, 15) is 19.2 Å². The van der Waals surface area contributed by atoms with E-state index < -0.39 is 30.4 Å². The molecule has 0 saturated carbocycles. The molecule has 214 valence electrons. The molecule has 0 fully saturated rings. The summed E-state index contributed by atoms with van der Waals surface area (Å²) in [5.41, 5.74) is 1.46. The third-order valence-electron chi connectivity index (χ3n) is 5.05. The van der Waals surface area contributed by atoms with Gasteiger partial charge in [-0.25, -0.2) is 4.79 Å². The molecule has 0 aliphatic carbocycles. The number of hydrogen-bond acceptors (Lipinski definition) is 10. The Bertz CT molecular complexity index is 1210. The Hall–Kier alpha value is -5.00. The summed E-state index contributed by atoms with van der Waals surface area (Å²) in [5, 5.41) is 5.28. The van der Waals surface area contributed by atoms with Crippen molar-refractivity contribution in [3.8, 4) is 23.0 Å². The molecule has 12 nitrogen and oxygen atoms in total. The van der Waals surface area contributed by atoms with Crippen LogP contribution in [0.25, 0.3) is 0 Å². The number of carbonyl (C=O) groups is 4. The Balaban J connectivity index is 1.86. The summed E-state index contributed by atoms with van der Waals surface area (Å²) in [6.07, 6.45) is 2.41. The number of rotatable bonds is 17. The van der Waals surface area contributed by atoms with Gasteiger partial charge in [-0.15, -0.1) is 6.58 Å². The number of amides is 2. The zero-order valence-electron chi connectivity index (χ0n) is 22.4. The molecule has 2 aromatic carbocycles. The van der Waals surface area contributed by atoms with E-state index in [1.165, 1.54) is 20.3 Å². The number of ether oxygens (including phenoxy) is 6. The van der Waals surface area contributed by atoms with Crippen LogP contribution in [0, 0.1) is 0 Å². The van der Waals surface area contributed by atoms with Crippen LogP contribution >= 0.6 is 0 Å². The van der Waals surface area contributed by atoms with Crippen LogP contribution in [-0.4, -0.2) is 58.0 Å². The fourth-order valence-electron chi connectivity index (χ4n) is 3.06. The molecular weight excluding hydrogens is 524 g/mol. The molecule has 0 spiro atoms. The maximum Gasteiger partial charge on any atom is 0.330 e. The summed E-state index contributed by atoms with van der Waals surface area (Å²) in [4.78, 5) is 46.0. The van der Waals surface area contributed by atoms with Gasteiger partial charge in [0.2, 0.25) is 6.79 Å². The number of benzene rings is 2. The highest BCUT2D eigenvalue weighted by Gasteiger charge is 2.11. The normalized spacial score (nSPS) is 9.95. The molecule has 0 radical (unpaired) electrons. The van der Waals surface area contributed by atoms with Gasteiger partial charge in [-0.2, -0.15) is 0 Å². The number of hydrogen-bond donors (Lipinski definition) is 2. The van der Waals surface area contributed by atoms with Crippen molar-refractivity contribution in [3.63, 3.8) is 0 Å². The van der Waals surface area contributed by atoms with Crippen molar-refractivity contribution in [1.29, 1.82) is 0 Å². The Kier molecular flexibility index (Phi) is 13.1. The van der Waals surface area contributed by atoms with E-state index in [-0.39, 0.29) is 32.9 Å². The lowest BCUT2D eigenvalue weighted by Crippen LogP contribution is -2.28. The summed E-state index contributed by atoms with van der Waals surface area (Å²) in [7, 11) is 2.96. The molecule has 0 bridgehead atoms. The van der Waals surface area contributed by atoms with Crippen LogP contribution in [-0.2, 0) is 41.7 Å². The molecule has 2 N–H and O–H groups in total. The first-order chi connectivity index (χ1) is 19.3. The van der Waals surface area contributed by atoms with Crippen LogP contribution in [0.5, 0.6) is 23.0 Å². The maximum atomic E-state index is 11.9. The van der Waals surface area contributed by atoms with E-state index in [2.05, 4.69) is 28.5 Å². The number of nitrogens with one attached hydrogen (secondary N) is 2. The Morgan fingerprint density at radius 3 is 1.70 bits per heavy atom. The van der Waals surface area contributed by atoms with Gasteiger partial charge in [0.1, 0.15) is 0 Å². The van der Waals surface area contributed by atoms with Crippen molar-refractivity contribution in [2.45, 2.75) is 19.5 Å². The molecular formula is C28H32N2O10. The van der Waals surface area contributed by atoms with E-state index in [1.807, 2.05) is 0 Å². The van der Waals surface area contributed by atoms with Gasteiger partial charge in [0, 0.05) is 19.2 Å². The maximum absolute atomic E-state index is 11.9. The third kappa shape index (κ3) is 10.8. The minimum atomic E-state index is -0.682. The van der Waals surface area contributed by atoms with E-state index in [0.717, 1.165) is 17.2 Å². The minimum Gasteiger partial charge on any atom is -0.493 e. The van der Waals surface area contributed by atoms with Gasteiger partial charge in [-0.05, 0) is 35.4 Å². The first-order valence-electron chi connectivity index (χ1n) is 12.0. The average Bonchev–Trinajstić information content (AvgIpc) is 2.97. The molecule has 0 heterocycles. The highest BCUT2D eigenvalue weighted by atomic mass is 16.7. The van der Waals surface area contributed by atoms with Crippen LogP contribution in [0.2, 0.25) is 0 Å². The largest absolute Gasteiger partial charge is 0.493 e. The molecule has 2 amide bonds. The van der Waals surface area contributed by atoms with Gasteiger partial charge in [0.15, 0.2) is 36.2 Å². The van der Waals surface area contributed by atoms with Crippen molar-refractivity contribution in [2.24, 2.45) is 0 Å². The van der Waals surface area contributed by atoms with Crippen LogP contribution in [0.1, 0.15) is 17.5 Å². The number of methoxy groups -OCH3 is 2. The first-order valence-corrected chi connectivity index (χ1v) is 12.0. The van der Waals surface area contributed by atoms with E-state index >= 15 is 0 Å². The second kappa shape index (κ2) is 16.8. The molecule has 0 saturated heterocycles. The molecule has 0 aliphatic heterocycles. The summed E-state index contributed by atoms with van der Waals surface area (Å²) in [6.45, 7) is 6.11. The summed E-state index contributed by atoms with van der Waals surface area (Å²) < 4.78 is 31.7. The highest BCUT2D eigenvalue weighted by Crippen LogP contribution is 2.30. The number of carbonyl (C=O) groups excluding carboxylic acids is 4. The summed E-state index contributed by atoms with van der Waals surface area (Å²) in [5.74, 6) is -0.462. The third-order valence-corrected chi connectivity index (χ3v) is 5.05. The Labute approximate surface area is 231 Å². The Morgan fingerprint density at radius 2 is 1.25 bits per heavy atom. The van der Waals surface area contributed by atoms with E-state index in [0.29, 0.717) is 23.0 Å². The van der Waals surface area contributed by atoms with E-state index in [4.69, 9.17) is 23.7 Å². The smallest absolute Gasteiger partial charge is 0.330 e. The predicted octanol–water partition coefficient (Wildman–Crippen LogP) is 2.20. The van der Waals surface area contributed by atoms with Crippen molar-refractivity contribution in [3.05, 3.63) is 72.8 Å². The molecule has 40 heavy (non-hydrogen) atoms. The molecule has 12 heteroatoms. The lowest BCUT2D eigenvalue weighted by atomic mass is 10.2. The second-order valence-corrected chi connectivity index (χ2v) is 7.90. The van der Waals surface area contributed by atoms with Crippen LogP contribution in [0.15, 0.2) is 61.7 Å². The SMILES string of the molecule is C=CCC(=O)OCC(=O)NCc1ccc(OCOc2ccc(CNC(=O)COC(=O)C=C)cc2OC)c(OC)c1. The molecule has 2 rings (SSSR count). The lowest BCUT2D eigenvalue weighted by molar-refractivity contribution is -0.147. The molecule has 0 aliphatic rings. The van der Waals surface area contributed by atoms with Gasteiger partial charge in [-0.3, -0.25) is 14.4 Å². The van der Waals surface area contributed by atoms with Crippen molar-refractivity contribution in [1.82, 2.24) is 10.6 Å². The first kappa shape index (κ1) is 31.2. The fraction of sp³-hybridized carbons (Fsp3) is 0.286. The van der Waals surface area contributed by atoms with Gasteiger partial charge >= 0.3 is 11.9 Å². The zero-order chi connectivity index (χ0) is 29.3. The topological polar surface area (TPSA) is 148 Å². The monoisotopic (exact) mass is 556 g/mol. The van der Waals surface area contributed by atoms with E-state index in [1.54, 1.807) is 36.4 Å². The zero-order valence-corrected chi connectivity index (χ0v) is 22.4. The Morgan fingerprint density at radius 1 is 0.750 bits per heavy atom. The van der Waals surface area contributed by atoms with Gasteiger partial charge in [0.05, 0.1) is 20.6 Å². The fourth-order valence-corrected chi connectivity index (χ4v) is 3.06. The van der Waals surface area contributed by atoms with Crippen molar-refractivity contribution in [2.75, 3.05) is 34.2 Å². The van der Waals surface area contributed by atoms with Crippen LogP contribution in [0.3, 0.4) is 0 Å². The standard InChI is InChI=1S/C28H32N2O10/c1-5-7-28(34)38-17-26(32)30-15-20-9-11-22(24(13-20)36-4)40-18-39-21-10-8-19(12-23(21)35-3)14-29-25(31)16-37-27(33)6-2/h5-6,8-13H,1-2,7,14-18H2,3-4H3,(H,29,31)(H,30,32). The van der Waals surface area contributed by atoms with Crippen molar-refractivity contribution < 1.29 is 47.6 Å². The molecule has 0 unspecified atom stereocenters. The summed E-state index contributed by atoms with van der Waals surface area (Å²) >= 11 is 0. The predicted molar refractivity (Wildman–Crippen MR) is 143 cm³/mol. The quantitative estimate of drug-likeness (QED) is 0.129. The second-order valence-electron chi connectivity index (χ2n) is 7.90. The van der Waals surface area contributed by atoms with Crippen molar-refractivity contribution >= 4 is 23.8 Å². The number of esters is 2. The minimum absolute atomic E-state index is 0.0331. The van der Waals surface area contributed by atoms with Gasteiger partial charge < -0.3 is 39.1 Å². The average molecular weight is 557 g/mol. The molecule has 0 aromatic heterocycles. The summed E-state index contributed by atoms with van der Waals surface area (Å²) in [6, 6.07) is 10.2. The molecule has 0 atom stereocenters. The van der Waals surface area contributed by atoms with Crippen LogP contribution in [0.4, 0.5) is 0 Å². The highest BCUT2D eigenvalue weighted by molar-refractivity contribution is 5.85. The lowest BCUT2D eigenvalue weighted by Gasteiger charge is -2.15.